The van der Waals surface area contributed by atoms with Crippen LogP contribution in [0, 0.1) is 11.8 Å². The number of carbonyl (C=O) groups excluding carboxylic acids is 1. The van der Waals surface area contributed by atoms with E-state index in [1.807, 2.05) is 27.7 Å². The van der Waals surface area contributed by atoms with Gasteiger partial charge in [-0.15, -0.1) is 0 Å². The van der Waals surface area contributed by atoms with Crippen molar-refractivity contribution in [2.45, 2.75) is 91.6 Å². The van der Waals surface area contributed by atoms with Crippen LogP contribution in [0.25, 0.3) is 0 Å². The molecule has 4 unspecified atom stereocenters. The zero-order valence-electron chi connectivity index (χ0n) is 16.4. The van der Waals surface area contributed by atoms with E-state index in [2.05, 4.69) is 31.3 Å². The molecule has 1 heterocycles. The lowest BCUT2D eigenvalue weighted by atomic mass is 10.0. The summed E-state index contributed by atoms with van der Waals surface area (Å²) in [4.78, 5) is 12.2. The van der Waals surface area contributed by atoms with Gasteiger partial charge in [-0.05, 0) is 39.0 Å². The lowest BCUT2D eigenvalue weighted by molar-refractivity contribution is -0.271. The molecule has 1 fully saturated rings. The molecule has 0 aromatic carbocycles. The maximum absolute atomic E-state index is 12.2. The minimum atomic E-state index is -0.608. The summed E-state index contributed by atoms with van der Waals surface area (Å²) in [6, 6.07) is -0.120. The van der Waals surface area contributed by atoms with Crippen LogP contribution in [0.4, 0.5) is 0 Å². The van der Waals surface area contributed by atoms with E-state index >= 15 is 0 Å². The maximum Gasteiger partial charge on any atom is 0.223 e. The van der Waals surface area contributed by atoms with Gasteiger partial charge in [0.2, 0.25) is 5.91 Å². The average Bonchev–Trinajstić information content (AvgIpc) is 2.55. The highest BCUT2D eigenvalue weighted by Crippen LogP contribution is 2.24. The lowest BCUT2D eigenvalue weighted by Gasteiger charge is -2.40. The van der Waals surface area contributed by atoms with Gasteiger partial charge in [0.1, 0.15) is 6.10 Å². The standard InChI is InChI=1S/C20H37NO3/c1-7-15(3)12-10-9-11-13-18-17(14-23-20(5,6)24-18)21-19(22)16(4)8-2/h11,13,15-18H,7-10,12,14H2,1-6H3,(H,21,22)/b13-11+. The SMILES string of the molecule is CCC(C)CCC/C=C/C1OC(C)(C)OCC1NC(=O)C(C)CC. The molecule has 1 aliphatic heterocycles. The fraction of sp³-hybridized carbons (Fsp3) is 0.850. The first-order valence-electron chi connectivity index (χ1n) is 9.57. The van der Waals surface area contributed by atoms with E-state index in [1.165, 1.54) is 19.3 Å². The fourth-order valence-corrected chi connectivity index (χ4v) is 2.66. The van der Waals surface area contributed by atoms with E-state index in [9.17, 15) is 4.79 Å². The zero-order chi connectivity index (χ0) is 18.2. The van der Waals surface area contributed by atoms with Crippen LogP contribution < -0.4 is 5.32 Å². The van der Waals surface area contributed by atoms with Gasteiger partial charge in [0.15, 0.2) is 5.79 Å². The Morgan fingerprint density at radius 3 is 2.62 bits per heavy atom. The van der Waals surface area contributed by atoms with E-state index in [-0.39, 0.29) is 24.0 Å². The highest BCUT2D eigenvalue weighted by Gasteiger charge is 2.36. The van der Waals surface area contributed by atoms with E-state index in [0.29, 0.717) is 6.61 Å². The molecule has 0 saturated carbocycles. The van der Waals surface area contributed by atoms with Crippen molar-refractivity contribution in [3.05, 3.63) is 12.2 Å². The largest absolute Gasteiger partial charge is 0.348 e. The fourth-order valence-electron chi connectivity index (χ4n) is 2.66. The van der Waals surface area contributed by atoms with Crippen molar-refractivity contribution in [3.8, 4) is 0 Å². The van der Waals surface area contributed by atoms with Gasteiger partial charge in [0.25, 0.3) is 0 Å². The summed E-state index contributed by atoms with van der Waals surface area (Å²) in [5, 5.41) is 3.09. The number of nitrogens with one attached hydrogen (secondary N) is 1. The summed E-state index contributed by atoms with van der Waals surface area (Å²) in [6.45, 7) is 12.8. The summed E-state index contributed by atoms with van der Waals surface area (Å²) in [5.74, 6) is 0.271. The third-order valence-electron chi connectivity index (χ3n) is 4.90. The van der Waals surface area contributed by atoms with Crippen LogP contribution in [0.15, 0.2) is 12.2 Å². The second-order valence-corrected chi connectivity index (χ2v) is 7.59. The molecule has 4 nitrogen and oxygen atoms in total. The summed E-state index contributed by atoms with van der Waals surface area (Å²) in [6.07, 6.45) is 9.74. The second-order valence-electron chi connectivity index (χ2n) is 7.59. The lowest BCUT2D eigenvalue weighted by Crippen LogP contribution is -2.56. The van der Waals surface area contributed by atoms with Crippen molar-refractivity contribution in [1.82, 2.24) is 5.32 Å². The second kappa shape index (κ2) is 10.2. The number of ether oxygens (including phenoxy) is 2. The number of hydrogen-bond acceptors (Lipinski definition) is 3. The van der Waals surface area contributed by atoms with Gasteiger partial charge in [-0.1, -0.05) is 52.7 Å². The normalized spacial score (nSPS) is 26.2. The van der Waals surface area contributed by atoms with E-state index in [0.717, 1.165) is 18.8 Å². The highest BCUT2D eigenvalue weighted by molar-refractivity contribution is 5.78. The van der Waals surface area contributed by atoms with Crippen molar-refractivity contribution < 1.29 is 14.3 Å². The Bertz CT molecular complexity index is 406. The molecule has 1 saturated heterocycles. The highest BCUT2D eigenvalue weighted by atomic mass is 16.7. The molecule has 1 aliphatic rings. The van der Waals surface area contributed by atoms with Crippen LogP contribution in [0.2, 0.25) is 0 Å². The molecule has 24 heavy (non-hydrogen) atoms. The number of carbonyl (C=O) groups is 1. The summed E-state index contributed by atoms with van der Waals surface area (Å²) in [7, 11) is 0. The van der Waals surface area contributed by atoms with Crippen LogP contribution >= 0.6 is 0 Å². The topological polar surface area (TPSA) is 47.6 Å². The minimum absolute atomic E-state index is 0.0140. The molecule has 0 radical (unpaired) electrons. The zero-order valence-corrected chi connectivity index (χ0v) is 16.4. The minimum Gasteiger partial charge on any atom is -0.348 e. The molecular weight excluding hydrogens is 302 g/mol. The summed E-state index contributed by atoms with van der Waals surface area (Å²) < 4.78 is 11.8. The molecular formula is C20H37NO3. The number of amides is 1. The Kier molecular flexibility index (Phi) is 8.99. The van der Waals surface area contributed by atoms with Gasteiger partial charge < -0.3 is 14.8 Å². The van der Waals surface area contributed by atoms with Crippen molar-refractivity contribution >= 4 is 5.91 Å². The third-order valence-corrected chi connectivity index (χ3v) is 4.90. The Balaban J connectivity index is 2.57. The van der Waals surface area contributed by atoms with E-state index in [1.54, 1.807) is 0 Å². The predicted octanol–water partition coefficient (Wildman–Crippen LogP) is 4.44. The first-order valence-corrected chi connectivity index (χ1v) is 9.57. The Morgan fingerprint density at radius 1 is 1.29 bits per heavy atom. The number of hydrogen-bond donors (Lipinski definition) is 1. The Hall–Kier alpha value is -0.870. The van der Waals surface area contributed by atoms with Crippen LogP contribution in [0.1, 0.15) is 73.6 Å². The van der Waals surface area contributed by atoms with E-state index in [4.69, 9.17) is 9.47 Å². The van der Waals surface area contributed by atoms with Gasteiger partial charge in [0.05, 0.1) is 12.6 Å². The molecule has 4 heteroatoms. The van der Waals surface area contributed by atoms with Gasteiger partial charge >= 0.3 is 0 Å². The Labute approximate surface area is 148 Å². The maximum atomic E-state index is 12.2. The van der Waals surface area contributed by atoms with Crippen LogP contribution in [0.3, 0.4) is 0 Å². The molecule has 140 valence electrons. The quantitative estimate of drug-likeness (QED) is 0.499. The van der Waals surface area contributed by atoms with Crippen molar-refractivity contribution in [2.24, 2.45) is 11.8 Å². The molecule has 1 N–H and O–H groups in total. The number of allylic oxidation sites excluding steroid dienone is 1. The van der Waals surface area contributed by atoms with Gasteiger partial charge in [-0.2, -0.15) is 0 Å². The van der Waals surface area contributed by atoms with Gasteiger partial charge in [-0.3, -0.25) is 4.79 Å². The summed E-state index contributed by atoms with van der Waals surface area (Å²) in [5.41, 5.74) is 0. The number of rotatable bonds is 9. The molecule has 0 bridgehead atoms. The molecule has 1 amide bonds. The predicted molar refractivity (Wildman–Crippen MR) is 98.7 cm³/mol. The summed E-state index contributed by atoms with van der Waals surface area (Å²) >= 11 is 0. The van der Waals surface area contributed by atoms with Crippen LogP contribution in [0.5, 0.6) is 0 Å². The van der Waals surface area contributed by atoms with Gasteiger partial charge in [0, 0.05) is 5.92 Å². The van der Waals surface area contributed by atoms with Crippen molar-refractivity contribution in [3.63, 3.8) is 0 Å². The average molecular weight is 340 g/mol. The molecule has 0 aromatic rings. The van der Waals surface area contributed by atoms with Gasteiger partial charge in [-0.25, -0.2) is 0 Å². The van der Waals surface area contributed by atoms with Crippen LogP contribution in [-0.2, 0) is 14.3 Å². The first-order chi connectivity index (χ1) is 11.3. The molecule has 4 atom stereocenters. The van der Waals surface area contributed by atoms with Crippen molar-refractivity contribution in [1.29, 1.82) is 0 Å². The molecule has 0 aromatic heterocycles. The van der Waals surface area contributed by atoms with Crippen LogP contribution in [-0.4, -0.2) is 30.4 Å². The smallest absolute Gasteiger partial charge is 0.223 e. The Morgan fingerprint density at radius 2 is 2.00 bits per heavy atom. The number of unbranched alkanes of at least 4 members (excludes halogenated alkanes) is 1. The van der Waals surface area contributed by atoms with Crippen molar-refractivity contribution in [2.75, 3.05) is 6.61 Å². The molecule has 0 aliphatic carbocycles. The third kappa shape index (κ3) is 7.35. The van der Waals surface area contributed by atoms with E-state index < -0.39 is 5.79 Å². The monoisotopic (exact) mass is 339 g/mol. The molecule has 1 rings (SSSR count). The first kappa shape index (κ1) is 21.2. The molecule has 0 spiro atoms.